The Bertz CT molecular complexity index is 1340. The summed E-state index contributed by atoms with van der Waals surface area (Å²) < 4.78 is 40.1. The van der Waals surface area contributed by atoms with Crippen LogP contribution in [-0.2, 0) is 33.3 Å². The fraction of sp³-hybridized carbons (Fsp3) is 0.586. The Labute approximate surface area is 241 Å². The van der Waals surface area contributed by atoms with Crippen LogP contribution >= 0.6 is 0 Å². The van der Waals surface area contributed by atoms with Gasteiger partial charge in [0.25, 0.3) is 0 Å². The maximum Gasteiger partial charge on any atom is 0.341 e. The van der Waals surface area contributed by atoms with Crippen molar-refractivity contribution in [3.8, 4) is 0 Å². The number of aliphatic hydroxyl groups excluding tert-OH is 1. The van der Waals surface area contributed by atoms with Crippen molar-refractivity contribution in [1.82, 2.24) is 0 Å². The maximum absolute atomic E-state index is 13.4. The Morgan fingerprint density at radius 2 is 1.48 bits per heavy atom. The molecule has 42 heavy (non-hydrogen) atoms. The zero-order valence-electron chi connectivity index (χ0n) is 23.9. The number of hydrogen-bond donors (Lipinski definition) is 2. The molecule has 5 rings (SSSR count). The minimum absolute atomic E-state index is 0.00106. The number of rotatable bonds is 7. The van der Waals surface area contributed by atoms with E-state index in [1.54, 1.807) is 13.8 Å². The van der Waals surface area contributed by atoms with Crippen molar-refractivity contribution in [2.45, 2.75) is 88.7 Å². The number of carbonyl (C=O) groups excluding carboxylic acids is 4. The number of hydrogen-bond acceptors (Lipinski definition) is 13. The van der Waals surface area contributed by atoms with E-state index in [-0.39, 0.29) is 24.0 Å². The van der Waals surface area contributed by atoms with Gasteiger partial charge in [0, 0.05) is 13.8 Å². The number of furan rings is 2. The molecule has 2 aromatic rings. The molecule has 1 saturated heterocycles. The molecular weight excluding hydrogens is 556 g/mol. The van der Waals surface area contributed by atoms with Gasteiger partial charge in [0.15, 0.2) is 5.60 Å². The highest BCUT2D eigenvalue weighted by molar-refractivity contribution is 5.90. The van der Waals surface area contributed by atoms with Crippen LogP contribution in [0.4, 0.5) is 0 Å². The van der Waals surface area contributed by atoms with Gasteiger partial charge in [-0.1, -0.05) is 0 Å². The second-order valence-corrected chi connectivity index (χ2v) is 11.9. The van der Waals surface area contributed by atoms with Crippen LogP contribution in [0.5, 0.6) is 0 Å². The van der Waals surface area contributed by atoms with Crippen LogP contribution < -0.4 is 0 Å². The number of esters is 4. The Hall–Kier alpha value is -3.68. The van der Waals surface area contributed by atoms with Crippen molar-refractivity contribution < 1.29 is 61.9 Å². The van der Waals surface area contributed by atoms with Crippen LogP contribution in [0.3, 0.4) is 0 Å². The Morgan fingerprint density at radius 1 is 0.905 bits per heavy atom. The Morgan fingerprint density at radius 3 is 1.98 bits per heavy atom. The van der Waals surface area contributed by atoms with Crippen LogP contribution in [-0.4, -0.2) is 81.9 Å². The van der Waals surface area contributed by atoms with E-state index in [4.69, 9.17) is 32.5 Å². The van der Waals surface area contributed by atoms with E-state index in [9.17, 15) is 29.4 Å². The van der Waals surface area contributed by atoms with E-state index in [0.29, 0.717) is 0 Å². The third kappa shape index (κ3) is 4.33. The van der Waals surface area contributed by atoms with Gasteiger partial charge in [-0.3, -0.25) is 9.59 Å². The molecule has 8 atom stereocenters. The lowest BCUT2D eigenvalue weighted by Crippen LogP contribution is -2.83. The van der Waals surface area contributed by atoms with Gasteiger partial charge in [-0.25, -0.2) is 9.59 Å². The van der Waals surface area contributed by atoms with Gasteiger partial charge < -0.3 is 42.7 Å². The molecule has 2 saturated carbocycles. The third-order valence-electron chi connectivity index (χ3n) is 8.90. The Balaban J connectivity index is 1.77. The average Bonchev–Trinajstić information content (AvgIpc) is 3.65. The van der Waals surface area contributed by atoms with Gasteiger partial charge >= 0.3 is 23.9 Å². The van der Waals surface area contributed by atoms with E-state index in [1.807, 2.05) is 0 Å². The molecule has 3 fully saturated rings. The van der Waals surface area contributed by atoms with Gasteiger partial charge in [-0.2, -0.15) is 0 Å². The van der Waals surface area contributed by atoms with Crippen molar-refractivity contribution in [3.05, 3.63) is 48.3 Å². The first kappa shape index (κ1) is 29.8. The molecule has 2 aromatic heterocycles. The molecule has 228 valence electrons. The van der Waals surface area contributed by atoms with Crippen LogP contribution in [0.15, 0.2) is 46.0 Å². The average molecular weight is 591 g/mol. The van der Waals surface area contributed by atoms with E-state index in [1.165, 1.54) is 44.8 Å². The second-order valence-electron chi connectivity index (χ2n) is 11.9. The van der Waals surface area contributed by atoms with Gasteiger partial charge in [0.1, 0.15) is 49.0 Å². The van der Waals surface area contributed by atoms with Crippen LogP contribution in [0.1, 0.15) is 68.2 Å². The highest BCUT2D eigenvalue weighted by Crippen LogP contribution is 2.69. The zero-order chi connectivity index (χ0) is 30.7. The maximum atomic E-state index is 13.4. The largest absolute Gasteiger partial charge is 0.472 e. The van der Waals surface area contributed by atoms with Gasteiger partial charge in [0.05, 0.1) is 40.8 Å². The first-order chi connectivity index (χ1) is 19.7. The number of carbonyl (C=O) groups is 4. The van der Waals surface area contributed by atoms with E-state index in [0.717, 1.165) is 13.2 Å². The third-order valence-corrected chi connectivity index (χ3v) is 8.90. The molecule has 1 spiro atoms. The summed E-state index contributed by atoms with van der Waals surface area (Å²) in [5.41, 5.74) is -7.12. The number of ether oxygens (including phenoxy) is 5. The molecule has 2 N–H and O–H groups in total. The quantitative estimate of drug-likeness (QED) is 0.354. The van der Waals surface area contributed by atoms with E-state index >= 15 is 0 Å². The molecule has 13 heteroatoms. The minimum atomic E-state index is -2.04. The molecule has 1 aliphatic heterocycles. The lowest BCUT2D eigenvalue weighted by molar-refractivity contribution is -0.347. The second kappa shape index (κ2) is 10.2. The van der Waals surface area contributed by atoms with Gasteiger partial charge in [0.2, 0.25) is 0 Å². The predicted octanol–water partition coefficient (Wildman–Crippen LogP) is 2.19. The lowest BCUT2D eigenvalue weighted by atomic mass is 9.46. The summed E-state index contributed by atoms with van der Waals surface area (Å²) in [6.45, 7) is 6.41. The highest BCUT2D eigenvalue weighted by Gasteiger charge is 2.86. The summed E-state index contributed by atoms with van der Waals surface area (Å²) in [6, 6.07) is 2.74. The highest BCUT2D eigenvalue weighted by atomic mass is 16.6. The number of fused-ring (bicyclic) bond motifs is 1. The molecule has 8 unspecified atom stereocenters. The smallest absolute Gasteiger partial charge is 0.341 e. The summed E-state index contributed by atoms with van der Waals surface area (Å²) in [4.78, 5) is 51.5. The lowest BCUT2D eigenvalue weighted by Gasteiger charge is -2.65. The van der Waals surface area contributed by atoms with Crippen LogP contribution in [0.2, 0.25) is 0 Å². The summed E-state index contributed by atoms with van der Waals surface area (Å²) >= 11 is 0. The monoisotopic (exact) mass is 590 g/mol. The predicted molar refractivity (Wildman–Crippen MR) is 138 cm³/mol. The normalized spacial score (nSPS) is 36.4. The molecule has 0 aromatic carbocycles. The summed E-state index contributed by atoms with van der Waals surface area (Å²) in [6.07, 6.45) is -1.02. The van der Waals surface area contributed by atoms with Crippen molar-refractivity contribution in [3.63, 3.8) is 0 Å². The fourth-order valence-corrected chi connectivity index (χ4v) is 7.34. The Kier molecular flexibility index (Phi) is 7.27. The first-order valence-corrected chi connectivity index (χ1v) is 13.6. The van der Waals surface area contributed by atoms with E-state index in [2.05, 4.69) is 0 Å². The molecule has 2 bridgehead atoms. The summed E-state index contributed by atoms with van der Waals surface area (Å²) in [7, 11) is 0. The molecule has 13 nitrogen and oxygen atoms in total. The van der Waals surface area contributed by atoms with Crippen molar-refractivity contribution >= 4 is 23.9 Å². The first-order valence-electron chi connectivity index (χ1n) is 13.6. The van der Waals surface area contributed by atoms with Crippen LogP contribution in [0.25, 0.3) is 0 Å². The molecular formula is C29H34O13. The van der Waals surface area contributed by atoms with Gasteiger partial charge in [-0.15, -0.1) is 0 Å². The zero-order valence-corrected chi connectivity index (χ0v) is 23.9. The van der Waals surface area contributed by atoms with Crippen molar-refractivity contribution in [2.24, 2.45) is 11.3 Å². The SMILES string of the molecule is CC(=O)OCC12C(OC(C)=O)CCC(C)(O)C13OC(C)(C)C(C(O)C2OC(=O)c1ccoc1)C3OC(=O)c1ccoc1. The summed E-state index contributed by atoms with van der Waals surface area (Å²) in [5.74, 6) is -4.29. The molecule has 3 aliphatic rings. The van der Waals surface area contributed by atoms with E-state index < -0.39 is 83.0 Å². The molecule has 2 aliphatic carbocycles. The van der Waals surface area contributed by atoms with Crippen molar-refractivity contribution in [1.29, 1.82) is 0 Å². The van der Waals surface area contributed by atoms with Crippen LogP contribution in [0, 0.1) is 11.3 Å². The van der Waals surface area contributed by atoms with Crippen molar-refractivity contribution in [2.75, 3.05) is 6.61 Å². The molecule has 3 heterocycles. The standard InChI is InChI=1S/C29H34O13/c1-15(30)38-14-28-19(39-16(2)31)6-9-27(5,35)29(28)22(40-24(33)17-7-10-36-12-17)20(26(3,4)42-29)21(32)23(28)41-25(34)18-8-11-37-13-18/h7-8,10-13,19-23,32,35H,6,9,14H2,1-5H3. The number of aliphatic hydroxyl groups is 2. The molecule has 0 amide bonds. The topological polar surface area (TPSA) is 181 Å². The summed E-state index contributed by atoms with van der Waals surface area (Å²) in [5, 5.41) is 24.3. The molecule has 0 radical (unpaired) electrons. The minimum Gasteiger partial charge on any atom is -0.472 e. The fourth-order valence-electron chi connectivity index (χ4n) is 7.34. The van der Waals surface area contributed by atoms with Gasteiger partial charge in [-0.05, 0) is 45.7 Å².